The van der Waals surface area contributed by atoms with Gasteiger partial charge in [0.05, 0.1) is 7.11 Å². The maximum Gasteiger partial charge on any atom is 0.169 e. The molecule has 1 aliphatic carbocycles. The van der Waals surface area contributed by atoms with Crippen LogP contribution in [0.4, 0.5) is 4.39 Å². The maximum atomic E-state index is 14.3. The first-order chi connectivity index (χ1) is 9.67. The first-order valence-corrected chi connectivity index (χ1v) is 7.75. The van der Waals surface area contributed by atoms with Gasteiger partial charge in [-0.2, -0.15) is 0 Å². The van der Waals surface area contributed by atoms with Crippen LogP contribution in [0.25, 0.3) is 0 Å². The fourth-order valence-corrected chi connectivity index (χ4v) is 3.44. The molecule has 0 spiro atoms. The van der Waals surface area contributed by atoms with E-state index in [1.807, 2.05) is 6.07 Å². The Kier molecular flexibility index (Phi) is 5.41. The largest absolute Gasteiger partial charge is 0.494 e. The second-order valence-corrected chi connectivity index (χ2v) is 5.96. The van der Waals surface area contributed by atoms with Crippen LogP contribution in [-0.4, -0.2) is 7.11 Å². The molecule has 20 heavy (non-hydrogen) atoms. The number of ether oxygens (including phenoxy) is 1. The van der Waals surface area contributed by atoms with Crippen LogP contribution >= 0.6 is 0 Å². The van der Waals surface area contributed by atoms with Gasteiger partial charge in [-0.1, -0.05) is 44.7 Å². The number of hydrogen-bond acceptors (Lipinski definition) is 2. The van der Waals surface area contributed by atoms with Gasteiger partial charge in [0.25, 0.3) is 0 Å². The van der Waals surface area contributed by atoms with E-state index in [1.54, 1.807) is 12.1 Å². The third kappa shape index (κ3) is 3.32. The van der Waals surface area contributed by atoms with Gasteiger partial charge in [-0.3, -0.25) is 0 Å². The molecule has 0 bridgehead atoms. The van der Waals surface area contributed by atoms with Crippen LogP contribution in [0.1, 0.15) is 57.1 Å². The van der Waals surface area contributed by atoms with Gasteiger partial charge in [0.1, 0.15) is 0 Å². The third-order valence-corrected chi connectivity index (χ3v) is 4.67. The third-order valence-electron chi connectivity index (χ3n) is 4.67. The molecule has 1 aromatic carbocycles. The highest BCUT2D eigenvalue weighted by Gasteiger charge is 2.28. The predicted molar refractivity (Wildman–Crippen MR) is 80.2 cm³/mol. The summed E-state index contributed by atoms with van der Waals surface area (Å²) in [4.78, 5) is 0. The normalized spacial score (nSPS) is 24.4. The number of rotatable bonds is 5. The summed E-state index contributed by atoms with van der Waals surface area (Å²) in [7, 11) is 1.49. The van der Waals surface area contributed by atoms with Crippen molar-refractivity contribution in [1.29, 1.82) is 0 Å². The fourth-order valence-electron chi connectivity index (χ4n) is 3.44. The summed E-state index contributed by atoms with van der Waals surface area (Å²) in [5.41, 5.74) is 6.92. The van der Waals surface area contributed by atoms with Crippen molar-refractivity contribution in [3.05, 3.63) is 29.6 Å². The minimum absolute atomic E-state index is 0.215. The fraction of sp³-hybridized carbons (Fsp3) is 0.647. The first kappa shape index (κ1) is 15.3. The second-order valence-electron chi connectivity index (χ2n) is 5.96. The highest BCUT2D eigenvalue weighted by Crippen LogP contribution is 2.38. The van der Waals surface area contributed by atoms with Crippen molar-refractivity contribution in [1.82, 2.24) is 0 Å². The van der Waals surface area contributed by atoms with Crippen molar-refractivity contribution in [3.8, 4) is 5.75 Å². The molecule has 2 N–H and O–H groups in total. The van der Waals surface area contributed by atoms with Crippen molar-refractivity contribution < 1.29 is 9.13 Å². The zero-order valence-corrected chi connectivity index (χ0v) is 12.6. The molecule has 0 saturated heterocycles. The number of methoxy groups -OCH3 is 1. The predicted octanol–water partition coefficient (Wildman–Crippen LogP) is 4.44. The average molecular weight is 279 g/mol. The summed E-state index contributed by atoms with van der Waals surface area (Å²) in [6, 6.07) is 5.04. The van der Waals surface area contributed by atoms with Gasteiger partial charge in [-0.15, -0.1) is 0 Å². The van der Waals surface area contributed by atoms with Crippen molar-refractivity contribution in [2.45, 2.75) is 51.5 Å². The van der Waals surface area contributed by atoms with E-state index in [1.165, 1.54) is 32.8 Å². The van der Waals surface area contributed by atoms with Gasteiger partial charge in [-0.05, 0) is 30.7 Å². The lowest BCUT2D eigenvalue weighted by Gasteiger charge is -2.32. The van der Waals surface area contributed by atoms with Crippen molar-refractivity contribution in [2.75, 3.05) is 7.11 Å². The van der Waals surface area contributed by atoms with Crippen LogP contribution in [0.5, 0.6) is 5.75 Å². The molecule has 0 heterocycles. The maximum absolute atomic E-state index is 14.3. The molecule has 1 fully saturated rings. The average Bonchev–Trinajstić information content (AvgIpc) is 2.48. The van der Waals surface area contributed by atoms with Crippen LogP contribution < -0.4 is 10.5 Å². The summed E-state index contributed by atoms with van der Waals surface area (Å²) in [5, 5.41) is 0. The Balaban J connectivity index is 2.03. The van der Waals surface area contributed by atoms with E-state index in [0.717, 1.165) is 18.8 Å². The Morgan fingerprint density at radius 3 is 2.60 bits per heavy atom. The molecule has 1 atom stereocenters. The Hall–Kier alpha value is -1.09. The number of hydrogen-bond donors (Lipinski definition) is 1. The van der Waals surface area contributed by atoms with Crippen molar-refractivity contribution >= 4 is 0 Å². The molecule has 0 amide bonds. The molecule has 2 nitrogen and oxygen atoms in total. The van der Waals surface area contributed by atoms with Crippen LogP contribution in [0.15, 0.2) is 18.2 Å². The highest BCUT2D eigenvalue weighted by atomic mass is 19.1. The molecule has 1 unspecified atom stereocenters. The van der Waals surface area contributed by atoms with E-state index < -0.39 is 0 Å². The monoisotopic (exact) mass is 279 g/mol. The molecule has 1 aliphatic rings. The van der Waals surface area contributed by atoms with Crippen molar-refractivity contribution in [3.63, 3.8) is 0 Å². The van der Waals surface area contributed by atoms with E-state index in [-0.39, 0.29) is 17.6 Å². The molecule has 112 valence electrons. The van der Waals surface area contributed by atoms with Gasteiger partial charge >= 0.3 is 0 Å². The summed E-state index contributed by atoms with van der Waals surface area (Å²) < 4.78 is 19.3. The number of nitrogens with two attached hydrogens (primary N) is 1. The van der Waals surface area contributed by atoms with E-state index in [2.05, 4.69) is 6.92 Å². The molecule has 1 saturated carbocycles. The minimum Gasteiger partial charge on any atom is -0.494 e. The van der Waals surface area contributed by atoms with Gasteiger partial charge in [-0.25, -0.2) is 4.39 Å². The Bertz CT molecular complexity index is 427. The van der Waals surface area contributed by atoms with Crippen LogP contribution in [0.2, 0.25) is 0 Å². The smallest absolute Gasteiger partial charge is 0.169 e. The molecule has 0 aromatic heterocycles. The summed E-state index contributed by atoms with van der Waals surface area (Å²) in [5.74, 6) is 1.24. The van der Waals surface area contributed by atoms with Gasteiger partial charge in [0.2, 0.25) is 0 Å². The molecule has 3 heteroatoms. The number of halogens is 1. The van der Waals surface area contributed by atoms with E-state index >= 15 is 0 Å². The first-order valence-electron chi connectivity index (χ1n) is 7.75. The van der Waals surface area contributed by atoms with E-state index in [0.29, 0.717) is 11.5 Å². The molecule has 1 aromatic rings. The van der Waals surface area contributed by atoms with Gasteiger partial charge in [0, 0.05) is 11.6 Å². The Morgan fingerprint density at radius 2 is 2.00 bits per heavy atom. The lowest BCUT2D eigenvalue weighted by Crippen LogP contribution is -2.27. The molecular weight excluding hydrogens is 253 g/mol. The zero-order valence-electron chi connectivity index (χ0n) is 12.6. The van der Waals surface area contributed by atoms with Crippen LogP contribution in [0, 0.1) is 17.7 Å². The van der Waals surface area contributed by atoms with Gasteiger partial charge in [0.15, 0.2) is 11.6 Å². The SMILES string of the molecule is CCCC1CCC(C(N)c2cccc(OC)c2F)CC1. The summed E-state index contributed by atoms with van der Waals surface area (Å²) in [6.45, 7) is 2.24. The quantitative estimate of drug-likeness (QED) is 0.864. The lowest BCUT2D eigenvalue weighted by atomic mass is 9.75. The zero-order chi connectivity index (χ0) is 14.5. The highest BCUT2D eigenvalue weighted by molar-refractivity contribution is 5.33. The van der Waals surface area contributed by atoms with E-state index in [4.69, 9.17) is 10.5 Å². The molecular formula is C17H26FNO. The lowest BCUT2D eigenvalue weighted by molar-refractivity contribution is 0.231. The molecule has 2 rings (SSSR count). The number of benzene rings is 1. The topological polar surface area (TPSA) is 35.2 Å². The minimum atomic E-state index is -0.293. The Morgan fingerprint density at radius 1 is 1.30 bits per heavy atom. The second kappa shape index (κ2) is 7.07. The van der Waals surface area contributed by atoms with Gasteiger partial charge < -0.3 is 10.5 Å². The van der Waals surface area contributed by atoms with Crippen LogP contribution in [-0.2, 0) is 0 Å². The molecule has 0 aliphatic heterocycles. The van der Waals surface area contributed by atoms with Crippen molar-refractivity contribution in [2.24, 2.45) is 17.6 Å². The summed E-state index contributed by atoms with van der Waals surface area (Å²) in [6.07, 6.45) is 7.27. The standard InChI is InChI=1S/C17H26FNO/c1-3-5-12-8-10-13(11-9-12)17(19)14-6-4-7-15(20-2)16(14)18/h4,6-7,12-13,17H,3,5,8-11,19H2,1-2H3. The van der Waals surface area contributed by atoms with Crippen LogP contribution in [0.3, 0.4) is 0 Å². The summed E-state index contributed by atoms with van der Waals surface area (Å²) >= 11 is 0. The Labute approximate surface area is 121 Å². The van der Waals surface area contributed by atoms with E-state index in [9.17, 15) is 4.39 Å². The molecule has 0 radical (unpaired) electrons.